The maximum absolute atomic E-state index is 13.4. The van der Waals surface area contributed by atoms with Gasteiger partial charge < -0.3 is 15.5 Å². The lowest BCUT2D eigenvalue weighted by Crippen LogP contribution is -2.34. The Labute approximate surface area is 156 Å². The second kappa shape index (κ2) is 8.40. The van der Waals surface area contributed by atoms with E-state index < -0.39 is 11.6 Å². The first kappa shape index (κ1) is 18.5. The number of halogens is 2. The molecule has 1 aliphatic rings. The molecule has 26 heavy (non-hydrogen) atoms. The Morgan fingerprint density at radius 1 is 1.23 bits per heavy atom. The zero-order chi connectivity index (χ0) is 18.5. The molecule has 1 atom stereocenters. The monoisotopic (exact) mass is 377 g/mol. The topological polar surface area (TPSA) is 44.4 Å². The molecule has 0 saturated carbocycles. The van der Waals surface area contributed by atoms with Crippen LogP contribution in [0.5, 0.6) is 0 Å². The van der Waals surface area contributed by atoms with Gasteiger partial charge in [-0.05, 0) is 42.9 Å². The Morgan fingerprint density at radius 2 is 2.04 bits per heavy atom. The molecule has 1 unspecified atom stereocenters. The van der Waals surface area contributed by atoms with Gasteiger partial charge in [0.05, 0.1) is 5.69 Å². The third-order valence-corrected chi connectivity index (χ3v) is 5.26. The molecule has 0 aliphatic carbocycles. The normalized spacial score (nSPS) is 16.6. The van der Waals surface area contributed by atoms with Crippen LogP contribution in [0.3, 0.4) is 0 Å². The number of urea groups is 1. The van der Waals surface area contributed by atoms with E-state index in [9.17, 15) is 13.6 Å². The van der Waals surface area contributed by atoms with Crippen LogP contribution in [0.2, 0.25) is 0 Å². The Hall–Kier alpha value is -2.28. The van der Waals surface area contributed by atoms with Gasteiger partial charge in [-0.15, -0.1) is 11.8 Å². The van der Waals surface area contributed by atoms with Crippen molar-refractivity contribution in [2.75, 3.05) is 36.1 Å². The van der Waals surface area contributed by atoms with Crippen LogP contribution in [0.4, 0.5) is 25.0 Å². The molecule has 1 fully saturated rings. The second-order valence-corrected chi connectivity index (χ2v) is 7.08. The third kappa shape index (κ3) is 4.46. The first-order valence-corrected chi connectivity index (χ1v) is 9.67. The molecule has 0 spiro atoms. The van der Waals surface area contributed by atoms with Crippen molar-refractivity contribution in [3.63, 3.8) is 0 Å². The highest BCUT2D eigenvalue weighted by Gasteiger charge is 2.23. The van der Waals surface area contributed by atoms with E-state index in [4.69, 9.17) is 0 Å². The van der Waals surface area contributed by atoms with Crippen LogP contribution in [0.1, 0.15) is 6.42 Å². The summed E-state index contributed by atoms with van der Waals surface area (Å²) in [5.74, 6) is -1.41. The fraction of sp³-hybridized carbons (Fsp3) is 0.316. The van der Waals surface area contributed by atoms with Crippen LogP contribution >= 0.6 is 11.8 Å². The molecule has 1 saturated heterocycles. The average Bonchev–Trinajstić information content (AvgIpc) is 3.12. The quantitative estimate of drug-likeness (QED) is 0.762. The van der Waals surface area contributed by atoms with Crippen LogP contribution in [-0.4, -0.2) is 31.9 Å². The van der Waals surface area contributed by atoms with E-state index in [0.29, 0.717) is 18.8 Å². The van der Waals surface area contributed by atoms with Gasteiger partial charge in [-0.3, -0.25) is 0 Å². The minimum Gasteiger partial charge on any atom is -0.371 e. The molecular weight excluding hydrogens is 356 g/mol. The van der Waals surface area contributed by atoms with Gasteiger partial charge in [0.1, 0.15) is 0 Å². The van der Waals surface area contributed by atoms with Crippen molar-refractivity contribution in [2.45, 2.75) is 11.3 Å². The van der Waals surface area contributed by atoms with Crippen molar-refractivity contribution >= 4 is 29.2 Å². The summed E-state index contributed by atoms with van der Waals surface area (Å²) in [5.41, 5.74) is 1.46. The Kier molecular flexibility index (Phi) is 5.98. The molecule has 2 N–H and O–H groups in total. The van der Waals surface area contributed by atoms with Crippen molar-refractivity contribution in [3.8, 4) is 0 Å². The number of anilines is 2. The number of hydrogen-bond donors (Lipinski definition) is 2. The van der Waals surface area contributed by atoms with E-state index in [1.807, 2.05) is 35.4 Å². The summed E-state index contributed by atoms with van der Waals surface area (Å²) in [6.07, 6.45) is 2.85. The zero-order valence-corrected chi connectivity index (χ0v) is 15.3. The van der Waals surface area contributed by atoms with Crippen molar-refractivity contribution < 1.29 is 13.6 Å². The zero-order valence-electron chi connectivity index (χ0n) is 14.5. The number of amides is 2. The van der Waals surface area contributed by atoms with Gasteiger partial charge in [0.25, 0.3) is 0 Å². The summed E-state index contributed by atoms with van der Waals surface area (Å²) in [6.45, 7) is 1.99. The maximum atomic E-state index is 13.4. The fourth-order valence-corrected chi connectivity index (χ4v) is 3.62. The van der Waals surface area contributed by atoms with E-state index >= 15 is 0 Å². The van der Waals surface area contributed by atoms with E-state index in [-0.39, 0.29) is 11.9 Å². The summed E-state index contributed by atoms with van der Waals surface area (Å²) in [4.78, 5) is 15.2. The predicted molar refractivity (Wildman–Crippen MR) is 102 cm³/mol. The first-order valence-electron chi connectivity index (χ1n) is 8.44. The Bertz CT molecular complexity index is 787. The highest BCUT2D eigenvalue weighted by Crippen LogP contribution is 2.26. The molecule has 2 aromatic carbocycles. The lowest BCUT2D eigenvalue weighted by Gasteiger charge is -2.19. The van der Waals surface area contributed by atoms with E-state index in [1.54, 1.807) is 17.8 Å². The van der Waals surface area contributed by atoms with Gasteiger partial charge in [0, 0.05) is 36.3 Å². The molecule has 2 amide bonds. The minimum absolute atomic E-state index is 0.238. The van der Waals surface area contributed by atoms with Gasteiger partial charge in [-0.25, -0.2) is 13.6 Å². The summed E-state index contributed by atoms with van der Waals surface area (Å²) in [6, 6.07) is 11.3. The Balaban J connectivity index is 1.49. The number of benzene rings is 2. The highest BCUT2D eigenvalue weighted by molar-refractivity contribution is 7.98. The number of rotatable bonds is 5. The van der Waals surface area contributed by atoms with Crippen LogP contribution in [-0.2, 0) is 0 Å². The molecular formula is C19H21F2N3OS. The molecule has 0 aromatic heterocycles. The van der Waals surface area contributed by atoms with Gasteiger partial charge in [-0.1, -0.05) is 12.1 Å². The van der Waals surface area contributed by atoms with Gasteiger partial charge in [0.15, 0.2) is 11.6 Å². The SMILES string of the molecule is CSc1ccccc1NC(=O)NCC1CCN(c2ccc(F)c(F)c2)C1. The molecule has 4 nitrogen and oxygen atoms in total. The van der Waals surface area contributed by atoms with Gasteiger partial charge >= 0.3 is 6.03 Å². The molecule has 7 heteroatoms. The number of nitrogens with zero attached hydrogens (tertiary/aromatic N) is 1. The minimum atomic E-state index is -0.839. The van der Waals surface area contributed by atoms with Crippen LogP contribution in [0, 0.1) is 17.6 Å². The van der Waals surface area contributed by atoms with Crippen LogP contribution in [0.25, 0.3) is 0 Å². The largest absolute Gasteiger partial charge is 0.371 e. The summed E-state index contributed by atoms with van der Waals surface area (Å²) in [5, 5.41) is 5.76. The predicted octanol–water partition coefficient (Wildman–Crippen LogP) is 4.33. The molecule has 0 radical (unpaired) electrons. The van der Waals surface area contributed by atoms with Crippen molar-refractivity contribution in [3.05, 3.63) is 54.1 Å². The number of para-hydroxylation sites is 1. The Morgan fingerprint density at radius 3 is 2.81 bits per heavy atom. The van der Waals surface area contributed by atoms with Crippen LogP contribution in [0.15, 0.2) is 47.4 Å². The molecule has 0 bridgehead atoms. The summed E-state index contributed by atoms with van der Waals surface area (Å²) >= 11 is 1.57. The first-order chi connectivity index (χ1) is 12.6. The van der Waals surface area contributed by atoms with Crippen molar-refractivity contribution in [1.29, 1.82) is 0 Å². The molecule has 2 aromatic rings. The van der Waals surface area contributed by atoms with E-state index in [0.717, 1.165) is 29.6 Å². The molecule has 3 rings (SSSR count). The number of carbonyl (C=O) groups is 1. The number of hydrogen-bond acceptors (Lipinski definition) is 3. The highest BCUT2D eigenvalue weighted by atomic mass is 32.2. The smallest absolute Gasteiger partial charge is 0.319 e. The lowest BCUT2D eigenvalue weighted by atomic mass is 10.1. The number of thioether (sulfide) groups is 1. The van der Waals surface area contributed by atoms with E-state index in [1.165, 1.54) is 6.07 Å². The van der Waals surface area contributed by atoms with Crippen molar-refractivity contribution in [2.24, 2.45) is 5.92 Å². The fourth-order valence-electron chi connectivity index (χ4n) is 3.07. The average molecular weight is 377 g/mol. The number of carbonyl (C=O) groups excluding carboxylic acids is 1. The van der Waals surface area contributed by atoms with E-state index in [2.05, 4.69) is 10.6 Å². The maximum Gasteiger partial charge on any atom is 0.319 e. The molecule has 1 aliphatic heterocycles. The summed E-state index contributed by atoms with van der Waals surface area (Å²) < 4.78 is 26.4. The van der Waals surface area contributed by atoms with Crippen molar-refractivity contribution in [1.82, 2.24) is 5.32 Å². The number of nitrogens with one attached hydrogen (secondary N) is 2. The second-order valence-electron chi connectivity index (χ2n) is 6.23. The third-order valence-electron chi connectivity index (χ3n) is 4.46. The summed E-state index contributed by atoms with van der Waals surface area (Å²) in [7, 11) is 0. The molecule has 1 heterocycles. The molecule has 138 valence electrons. The standard InChI is InChI=1S/C19H21F2N3OS/c1-26-18-5-3-2-4-17(18)23-19(25)22-11-13-8-9-24(12-13)14-6-7-15(20)16(21)10-14/h2-7,10,13H,8-9,11-12H2,1H3,(H2,22,23,25). The van der Waals surface area contributed by atoms with Gasteiger partial charge in [-0.2, -0.15) is 0 Å². The van der Waals surface area contributed by atoms with Gasteiger partial charge in [0.2, 0.25) is 0 Å². The lowest BCUT2D eigenvalue weighted by molar-refractivity contribution is 0.250. The van der Waals surface area contributed by atoms with Crippen LogP contribution < -0.4 is 15.5 Å².